The van der Waals surface area contributed by atoms with E-state index in [1.54, 1.807) is 0 Å². The van der Waals surface area contributed by atoms with Crippen LogP contribution in [0.1, 0.15) is 30.7 Å². The molecule has 2 aromatic carbocycles. The maximum Gasteiger partial charge on any atom is 0.241 e. The summed E-state index contributed by atoms with van der Waals surface area (Å²) in [5.74, 6) is 0.696. The third-order valence-electron chi connectivity index (χ3n) is 4.53. The van der Waals surface area contributed by atoms with E-state index < -0.39 is 0 Å². The molecule has 0 radical (unpaired) electrons. The summed E-state index contributed by atoms with van der Waals surface area (Å²) < 4.78 is 5.86. The van der Waals surface area contributed by atoms with Crippen molar-refractivity contribution in [3.63, 3.8) is 0 Å². The zero-order valence-electron chi connectivity index (χ0n) is 14.4. The first-order valence-corrected chi connectivity index (χ1v) is 8.75. The van der Waals surface area contributed by atoms with Crippen molar-refractivity contribution >= 4 is 35.1 Å². The van der Waals surface area contributed by atoms with E-state index in [0.717, 1.165) is 42.6 Å². The van der Waals surface area contributed by atoms with Crippen molar-refractivity contribution in [1.29, 1.82) is 0 Å². The second kappa shape index (κ2) is 8.34. The summed E-state index contributed by atoms with van der Waals surface area (Å²) in [4.78, 5) is 16.9. The molecule has 6 heteroatoms. The molecule has 1 amide bonds. The summed E-state index contributed by atoms with van der Waals surface area (Å²) in [5, 5.41) is 6.23. The van der Waals surface area contributed by atoms with Crippen LogP contribution in [-0.4, -0.2) is 23.5 Å². The quantitative estimate of drug-likeness (QED) is 0.729. The lowest BCUT2D eigenvalue weighted by molar-refractivity contribution is -0.118. The van der Waals surface area contributed by atoms with Crippen molar-refractivity contribution in [3.8, 4) is 0 Å². The van der Waals surface area contributed by atoms with Gasteiger partial charge >= 0.3 is 0 Å². The van der Waals surface area contributed by atoms with Gasteiger partial charge in [-0.25, -0.2) is 4.98 Å². The van der Waals surface area contributed by atoms with Gasteiger partial charge in [0.15, 0.2) is 11.5 Å². The molecule has 136 valence electrons. The number of halogens is 1. The Bertz CT molecular complexity index is 873. The third-order valence-corrected chi connectivity index (χ3v) is 4.53. The van der Waals surface area contributed by atoms with Gasteiger partial charge in [0, 0.05) is 18.2 Å². The van der Waals surface area contributed by atoms with Crippen LogP contribution in [0.2, 0.25) is 0 Å². The minimum Gasteiger partial charge on any atom is -0.440 e. The lowest BCUT2D eigenvalue weighted by atomic mass is 10.0. The van der Waals surface area contributed by atoms with Crippen molar-refractivity contribution in [2.75, 3.05) is 11.9 Å². The fourth-order valence-electron chi connectivity index (χ4n) is 3.20. The fraction of sp³-hybridized carbons (Fsp3) is 0.300. The van der Waals surface area contributed by atoms with E-state index in [9.17, 15) is 4.79 Å². The summed E-state index contributed by atoms with van der Waals surface area (Å²) in [5.41, 5.74) is 3.40. The first-order chi connectivity index (χ1) is 12.3. The van der Waals surface area contributed by atoms with Crippen LogP contribution in [0.15, 0.2) is 52.9 Å². The fourth-order valence-corrected chi connectivity index (χ4v) is 3.20. The minimum atomic E-state index is -0.104. The number of hydrogen-bond donors (Lipinski definition) is 2. The van der Waals surface area contributed by atoms with E-state index in [-0.39, 0.29) is 24.4 Å². The number of hydrogen-bond acceptors (Lipinski definition) is 4. The van der Waals surface area contributed by atoms with E-state index in [1.165, 1.54) is 0 Å². The summed E-state index contributed by atoms with van der Waals surface area (Å²) in [6.45, 7) is 0.905. The number of carbonyl (C=O) groups is 1. The van der Waals surface area contributed by atoms with Gasteiger partial charge in [-0.3, -0.25) is 4.79 Å². The Hall–Kier alpha value is -2.37. The molecule has 1 atom stereocenters. The average Bonchev–Trinajstić information content (AvgIpc) is 3.04. The van der Waals surface area contributed by atoms with Crippen LogP contribution in [0, 0.1) is 0 Å². The predicted octanol–water partition coefficient (Wildman–Crippen LogP) is 3.92. The number of carbonyl (C=O) groups excluding carboxylic acids is 1. The Balaban J connectivity index is 0.00000196. The Labute approximate surface area is 158 Å². The van der Waals surface area contributed by atoms with Crippen LogP contribution in [0.25, 0.3) is 11.1 Å². The van der Waals surface area contributed by atoms with Crippen molar-refractivity contribution < 1.29 is 9.21 Å². The van der Waals surface area contributed by atoms with Gasteiger partial charge in [0.25, 0.3) is 0 Å². The molecule has 0 bridgehead atoms. The number of nitrogens with one attached hydrogen (secondary N) is 2. The zero-order chi connectivity index (χ0) is 17.1. The number of piperidine rings is 1. The predicted molar refractivity (Wildman–Crippen MR) is 105 cm³/mol. The molecule has 2 heterocycles. The van der Waals surface area contributed by atoms with Crippen molar-refractivity contribution in [2.45, 2.75) is 31.7 Å². The molecule has 1 aliphatic heterocycles. The monoisotopic (exact) mass is 371 g/mol. The van der Waals surface area contributed by atoms with Crippen molar-refractivity contribution in [3.05, 3.63) is 60.0 Å². The van der Waals surface area contributed by atoms with E-state index in [1.807, 2.05) is 36.4 Å². The van der Waals surface area contributed by atoms with E-state index >= 15 is 0 Å². The van der Waals surface area contributed by atoms with Gasteiger partial charge in [0.05, 0.1) is 6.04 Å². The van der Waals surface area contributed by atoms with Crippen LogP contribution in [0.4, 0.5) is 5.69 Å². The molecule has 1 unspecified atom stereocenters. The zero-order valence-corrected chi connectivity index (χ0v) is 15.2. The molecule has 1 aromatic heterocycles. The Morgan fingerprint density at radius 2 is 2.04 bits per heavy atom. The first-order valence-electron chi connectivity index (χ1n) is 8.75. The minimum absolute atomic E-state index is 0. The number of fused-ring (bicyclic) bond motifs is 1. The second-order valence-electron chi connectivity index (χ2n) is 6.44. The molecule has 26 heavy (non-hydrogen) atoms. The Morgan fingerprint density at radius 1 is 1.19 bits per heavy atom. The molecule has 3 aromatic rings. The maximum absolute atomic E-state index is 12.3. The van der Waals surface area contributed by atoms with Gasteiger partial charge in [-0.2, -0.15) is 0 Å². The molecule has 0 saturated carbocycles. The number of amides is 1. The highest BCUT2D eigenvalue weighted by Crippen LogP contribution is 2.22. The number of nitrogens with zero attached hydrogens (tertiary/aromatic N) is 1. The van der Waals surface area contributed by atoms with Gasteiger partial charge in [0.2, 0.25) is 5.91 Å². The second-order valence-corrected chi connectivity index (χ2v) is 6.44. The van der Waals surface area contributed by atoms with Crippen LogP contribution < -0.4 is 10.6 Å². The van der Waals surface area contributed by atoms with Crippen molar-refractivity contribution in [1.82, 2.24) is 10.3 Å². The lowest BCUT2D eigenvalue weighted by Gasteiger charge is -2.22. The molecular weight excluding hydrogens is 350 g/mol. The normalized spacial score (nSPS) is 16.8. The molecule has 1 aliphatic rings. The molecule has 4 rings (SSSR count). The SMILES string of the molecule is Cl.O=C(Nc1ccc2nc(Cc3ccccc3)oc2c1)C1CCCCN1. The summed E-state index contributed by atoms with van der Waals surface area (Å²) >= 11 is 0. The molecule has 1 saturated heterocycles. The van der Waals surface area contributed by atoms with E-state index in [4.69, 9.17) is 4.42 Å². The first kappa shape index (κ1) is 18.4. The number of benzene rings is 2. The Morgan fingerprint density at radius 3 is 2.81 bits per heavy atom. The third kappa shape index (κ3) is 4.23. The average molecular weight is 372 g/mol. The smallest absolute Gasteiger partial charge is 0.241 e. The summed E-state index contributed by atoms with van der Waals surface area (Å²) in [6.07, 6.45) is 3.77. The van der Waals surface area contributed by atoms with Gasteiger partial charge < -0.3 is 15.1 Å². The standard InChI is InChI=1S/C20H21N3O2.ClH/c24-20(17-8-4-5-11-21-17)22-15-9-10-16-18(13-15)25-19(23-16)12-14-6-2-1-3-7-14;/h1-3,6-7,9-10,13,17,21H,4-5,8,11-12H2,(H,22,24);1H. The van der Waals surface area contributed by atoms with E-state index in [2.05, 4.69) is 27.8 Å². The molecule has 0 aliphatic carbocycles. The molecule has 5 nitrogen and oxygen atoms in total. The number of aromatic nitrogens is 1. The number of anilines is 1. The number of rotatable bonds is 4. The summed E-state index contributed by atoms with van der Waals surface area (Å²) in [6, 6.07) is 15.6. The van der Waals surface area contributed by atoms with Crippen LogP contribution in [0.3, 0.4) is 0 Å². The van der Waals surface area contributed by atoms with Gasteiger partial charge in [-0.05, 0) is 37.1 Å². The van der Waals surface area contributed by atoms with Crippen LogP contribution in [0.5, 0.6) is 0 Å². The largest absolute Gasteiger partial charge is 0.440 e. The highest BCUT2D eigenvalue weighted by Gasteiger charge is 2.20. The summed E-state index contributed by atoms with van der Waals surface area (Å²) in [7, 11) is 0. The number of oxazole rings is 1. The molecule has 1 fully saturated rings. The highest BCUT2D eigenvalue weighted by molar-refractivity contribution is 5.96. The lowest BCUT2D eigenvalue weighted by Crippen LogP contribution is -2.43. The van der Waals surface area contributed by atoms with Gasteiger partial charge in [-0.1, -0.05) is 36.8 Å². The van der Waals surface area contributed by atoms with Gasteiger partial charge in [0.1, 0.15) is 5.52 Å². The maximum atomic E-state index is 12.3. The van der Waals surface area contributed by atoms with Crippen LogP contribution >= 0.6 is 12.4 Å². The topological polar surface area (TPSA) is 67.2 Å². The van der Waals surface area contributed by atoms with Gasteiger partial charge in [-0.15, -0.1) is 12.4 Å². The molecular formula is C20H22ClN3O2. The molecule has 2 N–H and O–H groups in total. The van der Waals surface area contributed by atoms with E-state index in [0.29, 0.717) is 17.9 Å². The Kier molecular flexibility index (Phi) is 5.91. The molecule has 0 spiro atoms. The van der Waals surface area contributed by atoms with Crippen LogP contribution in [-0.2, 0) is 11.2 Å². The van der Waals surface area contributed by atoms with Crippen molar-refractivity contribution in [2.24, 2.45) is 0 Å². The highest BCUT2D eigenvalue weighted by atomic mass is 35.5.